The van der Waals surface area contributed by atoms with Crippen LogP contribution in [0.25, 0.3) is 0 Å². The topological polar surface area (TPSA) is 88.8 Å². The molecule has 0 atom stereocenters. The highest BCUT2D eigenvalue weighted by Gasteiger charge is 2.23. The number of esters is 1. The number of hydrogen-bond donors (Lipinski definition) is 1. The maximum Gasteiger partial charge on any atom is 0.344 e. The van der Waals surface area contributed by atoms with Gasteiger partial charge in [-0.25, -0.2) is 4.79 Å². The van der Waals surface area contributed by atoms with Gasteiger partial charge in [-0.1, -0.05) is 0 Å². The fourth-order valence-electron chi connectivity index (χ4n) is 1.26. The van der Waals surface area contributed by atoms with E-state index in [1.54, 1.807) is 26.0 Å². The molecule has 0 aliphatic carbocycles. The lowest BCUT2D eigenvalue weighted by atomic mass is 10.3. The predicted octanol–water partition coefficient (Wildman–Crippen LogP) is 0.0363. The molecule has 18 heavy (non-hydrogen) atoms. The van der Waals surface area contributed by atoms with E-state index < -0.39 is 5.97 Å². The van der Waals surface area contributed by atoms with Gasteiger partial charge in [-0.15, -0.1) is 0 Å². The number of rotatable bonds is 4. The Morgan fingerprint density at radius 3 is 2.50 bits per heavy atom. The Morgan fingerprint density at radius 2 is 2.00 bits per heavy atom. The number of methoxy groups -OCH3 is 1. The van der Waals surface area contributed by atoms with Crippen molar-refractivity contribution in [3.8, 4) is 0 Å². The van der Waals surface area contributed by atoms with Gasteiger partial charge in [0.1, 0.15) is 10.6 Å². The fraction of sp³-hybridized carbons (Fsp3) is 0.500. The number of aromatic nitrogens is 1. The van der Waals surface area contributed by atoms with Crippen molar-refractivity contribution in [2.45, 2.75) is 0 Å². The first kappa shape index (κ1) is 14.2. The van der Waals surface area contributed by atoms with Crippen LogP contribution in [0.3, 0.4) is 0 Å². The molecule has 100 valence electrons. The number of nitrogen functional groups attached to an aromatic ring is 1. The van der Waals surface area contributed by atoms with Crippen molar-refractivity contribution in [1.29, 1.82) is 0 Å². The van der Waals surface area contributed by atoms with Gasteiger partial charge in [-0.2, -0.15) is 4.37 Å². The van der Waals surface area contributed by atoms with E-state index in [0.29, 0.717) is 5.00 Å². The fourth-order valence-corrected chi connectivity index (χ4v) is 2.02. The Hall–Kier alpha value is -1.83. The molecule has 0 saturated carbocycles. The molecule has 0 unspecified atom stereocenters. The number of anilines is 2. The number of likely N-dealkylation sites (N-methyl/N-ethyl adjacent to an activating group) is 2. The molecule has 1 heterocycles. The molecule has 7 nitrogen and oxygen atoms in total. The summed E-state index contributed by atoms with van der Waals surface area (Å²) < 4.78 is 8.56. The summed E-state index contributed by atoms with van der Waals surface area (Å²) in [5, 5.41) is 0.523. The van der Waals surface area contributed by atoms with Crippen LogP contribution in [0, 0.1) is 0 Å². The number of amides is 1. The molecule has 0 bridgehead atoms. The monoisotopic (exact) mass is 272 g/mol. The van der Waals surface area contributed by atoms with E-state index >= 15 is 0 Å². The van der Waals surface area contributed by atoms with E-state index in [9.17, 15) is 9.59 Å². The lowest BCUT2D eigenvalue weighted by molar-refractivity contribution is -0.127. The second kappa shape index (κ2) is 5.67. The zero-order valence-corrected chi connectivity index (χ0v) is 11.6. The molecule has 1 aromatic heterocycles. The third-order valence-corrected chi connectivity index (χ3v) is 3.28. The second-order valence-electron chi connectivity index (χ2n) is 3.88. The van der Waals surface area contributed by atoms with Gasteiger partial charge in [0.2, 0.25) is 5.91 Å². The van der Waals surface area contributed by atoms with Gasteiger partial charge in [-0.3, -0.25) is 4.79 Å². The van der Waals surface area contributed by atoms with Crippen molar-refractivity contribution in [3.63, 3.8) is 0 Å². The van der Waals surface area contributed by atoms with E-state index in [-0.39, 0.29) is 23.8 Å². The smallest absolute Gasteiger partial charge is 0.344 e. The largest absolute Gasteiger partial charge is 0.465 e. The standard InChI is InChI=1S/C10H16N4O3S/c1-13(2)6(15)5-14(3)9-7(10(16)17-4)8(11)12-18-9/h5H2,1-4H3,(H2,11,12). The van der Waals surface area contributed by atoms with E-state index in [2.05, 4.69) is 9.11 Å². The normalized spacial score (nSPS) is 10.0. The molecule has 0 spiro atoms. The first-order chi connectivity index (χ1) is 8.38. The highest BCUT2D eigenvalue weighted by molar-refractivity contribution is 7.11. The molecule has 0 aliphatic heterocycles. The highest BCUT2D eigenvalue weighted by Crippen LogP contribution is 2.30. The van der Waals surface area contributed by atoms with Crippen molar-refractivity contribution in [1.82, 2.24) is 9.27 Å². The van der Waals surface area contributed by atoms with Crippen LogP contribution in [0.1, 0.15) is 10.4 Å². The lowest BCUT2D eigenvalue weighted by Crippen LogP contribution is -2.34. The Kier molecular flexibility index (Phi) is 4.49. The lowest BCUT2D eigenvalue weighted by Gasteiger charge is -2.19. The van der Waals surface area contributed by atoms with E-state index in [4.69, 9.17) is 5.73 Å². The number of carbonyl (C=O) groups excluding carboxylic acids is 2. The average molecular weight is 272 g/mol. The summed E-state index contributed by atoms with van der Waals surface area (Å²) in [4.78, 5) is 26.3. The van der Waals surface area contributed by atoms with Gasteiger partial charge in [0, 0.05) is 21.1 Å². The van der Waals surface area contributed by atoms with E-state index in [1.807, 2.05) is 0 Å². The molecule has 1 aromatic rings. The SMILES string of the molecule is COC(=O)c1c(N)nsc1N(C)CC(=O)N(C)C. The third kappa shape index (κ3) is 2.89. The number of nitrogens with two attached hydrogens (primary N) is 1. The summed E-state index contributed by atoms with van der Waals surface area (Å²) in [6.45, 7) is 0.138. The number of carbonyl (C=O) groups is 2. The summed E-state index contributed by atoms with van der Waals surface area (Å²) >= 11 is 1.06. The van der Waals surface area contributed by atoms with Crippen LogP contribution in [-0.2, 0) is 9.53 Å². The minimum absolute atomic E-state index is 0.0831. The van der Waals surface area contributed by atoms with Crippen LogP contribution >= 0.6 is 11.5 Å². The number of ether oxygens (including phenoxy) is 1. The summed E-state index contributed by atoms with van der Waals surface area (Å²) in [6, 6.07) is 0. The van der Waals surface area contributed by atoms with Crippen LogP contribution in [0.4, 0.5) is 10.8 Å². The van der Waals surface area contributed by atoms with Gasteiger partial charge >= 0.3 is 5.97 Å². The molecular weight excluding hydrogens is 256 g/mol. The number of hydrogen-bond acceptors (Lipinski definition) is 7. The molecular formula is C10H16N4O3S. The van der Waals surface area contributed by atoms with E-state index in [0.717, 1.165) is 11.5 Å². The minimum atomic E-state index is -0.555. The van der Waals surface area contributed by atoms with Crippen molar-refractivity contribution in [2.24, 2.45) is 0 Å². The Morgan fingerprint density at radius 1 is 1.39 bits per heavy atom. The van der Waals surface area contributed by atoms with Gasteiger partial charge in [0.15, 0.2) is 5.82 Å². The minimum Gasteiger partial charge on any atom is -0.465 e. The summed E-state index contributed by atoms with van der Waals surface area (Å²) in [5.74, 6) is -0.522. The average Bonchev–Trinajstić information content (AvgIpc) is 2.70. The van der Waals surface area contributed by atoms with Gasteiger partial charge < -0.3 is 20.3 Å². The van der Waals surface area contributed by atoms with Crippen LogP contribution in [0.5, 0.6) is 0 Å². The predicted molar refractivity (Wildman–Crippen MR) is 69.8 cm³/mol. The zero-order chi connectivity index (χ0) is 13.9. The maximum absolute atomic E-state index is 11.6. The van der Waals surface area contributed by atoms with Crippen molar-refractivity contribution in [3.05, 3.63) is 5.56 Å². The van der Waals surface area contributed by atoms with E-state index in [1.165, 1.54) is 12.0 Å². The summed E-state index contributed by atoms with van der Waals surface area (Å²) in [7, 11) is 6.30. The van der Waals surface area contributed by atoms with Crippen LogP contribution < -0.4 is 10.6 Å². The Labute approximate surface area is 109 Å². The first-order valence-corrected chi connectivity index (χ1v) is 5.90. The van der Waals surface area contributed by atoms with Crippen molar-refractivity contribution in [2.75, 3.05) is 45.4 Å². The van der Waals surface area contributed by atoms with Crippen molar-refractivity contribution < 1.29 is 14.3 Å². The first-order valence-electron chi connectivity index (χ1n) is 5.13. The summed E-state index contributed by atoms with van der Waals surface area (Å²) in [5.41, 5.74) is 5.83. The molecule has 1 amide bonds. The second-order valence-corrected chi connectivity index (χ2v) is 4.64. The number of nitrogens with zero attached hydrogens (tertiary/aromatic N) is 3. The molecule has 2 N–H and O–H groups in total. The van der Waals surface area contributed by atoms with Crippen LogP contribution in [0.15, 0.2) is 0 Å². The molecule has 0 aromatic carbocycles. The van der Waals surface area contributed by atoms with Gasteiger partial charge in [0.05, 0.1) is 13.7 Å². The molecule has 0 radical (unpaired) electrons. The van der Waals surface area contributed by atoms with Gasteiger partial charge in [-0.05, 0) is 11.5 Å². The van der Waals surface area contributed by atoms with Gasteiger partial charge in [0.25, 0.3) is 0 Å². The molecule has 1 rings (SSSR count). The Balaban J connectivity index is 2.96. The van der Waals surface area contributed by atoms with Crippen molar-refractivity contribution >= 4 is 34.2 Å². The van der Waals surface area contributed by atoms with Crippen LogP contribution in [0.2, 0.25) is 0 Å². The quantitative estimate of drug-likeness (QED) is 0.778. The molecule has 0 fully saturated rings. The molecule has 0 aliphatic rings. The third-order valence-electron chi connectivity index (χ3n) is 2.31. The highest BCUT2D eigenvalue weighted by atomic mass is 32.1. The molecule has 8 heteroatoms. The Bertz CT molecular complexity index is 458. The zero-order valence-electron chi connectivity index (χ0n) is 10.8. The molecule has 0 saturated heterocycles. The maximum atomic E-state index is 11.6. The summed E-state index contributed by atoms with van der Waals surface area (Å²) in [6.07, 6.45) is 0. The van der Waals surface area contributed by atoms with Crippen LogP contribution in [-0.4, -0.2) is 55.9 Å².